The molecule has 3 aromatic heterocycles. The van der Waals surface area contributed by atoms with Crippen molar-refractivity contribution >= 4 is 23.6 Å². The lowest BCUT2D eigenvalue weighted by molar-refractivity contribution is 0.0827. The molecule has 0 unspecified atom stereocenters. The minimum absolute atomic E-state index is 0.0565. The first-order valence-electron chi connectivity index (χ1n) is 10.7. The zero-order valence-electron chi connectivity index (χ0n) is 18.6. The monoisotopic (exact) mass is 461 g/mol. The van der Waals surface area contributed by atoms with Crippen molar-refractivity contribution in [2.45, 2.75) is 25.4 Å². The summed E-state index contributed by atoms with van der Waals surface area (Å²) in [7, 11) is 3.43. The zero-order valence-corrected chi connectivity index (χ0v) is 18.6. The number of benzene rings is 1. The number of anilines is 1. The van der Waals surface area contributed by atoms with Gasteiger partial charge in [0.25, 0.3) is 11.5 Å². The molecule has 0 atom stereocenters. The Balaban J connectivity index is 1.48. The molecule has 1 aliphatic rings. The maximum absolute atomic E-state index is 12.1. The van der Waals surface area contributed by atoms with Gasteiger partial charge >= 0.3 is 5.69 Å². The Bertz CT molecular complexity index is 1540. The van der Waals surface area contributed by atoms with Crippen LogP contribution in [0.1, 0.15) is 34.5 Å². The molecule has 0 bridgehead atoms. The Kier molecular flexibility index (Phi) is 5.32. The van der Waals surface area contributed by atoms with Crippen LogP contribution in [0.4, 0.5) is 5.95 Å². The van der Waals surface area contributed by atoms with E-state index in [9.17, 15) is 14.7 Å². The summed E-state index contributed by atoms with van der Waals surface area (Å²) in [6.07, 6.45) is 5.16. The first kappa shape index (κ1) is 21.4. The molecule has 5 rings (SSSR count). The summed E-state index contributed by atoms with van der Waals surface area (Å²) in [5.74, 6) is 0.0389. The zero-order chi connectivity index (χ0) is 23.8. The van der Waals surface area contributed by atoms with Gasteiger partial charge in [0.15, 0.2) is 5.65 Å². The van der Waals surface area contributed by atoms with Crippen molar-refractivity contribution in [1.29, 1.82) is 0 Å². The number of carbonyl (C=O) groups excluding carboxylic acids is 1. The number of hydrogen-bond acceptors (Lipinski definition) is 8. The molecule has 12 heteroatoms. The summed E-state index contributed by atoms with van der Waals surface area (Å²) in [6, 6.07) is 7.53. The van der Waals surface area contributed by atoms with Crippen LogP contribution in [-0.4, -0.2) is 65.6 Å². The van der Waals surface area contributed by atoms with Gasteiger partial charge in [-0.15, -0.1) is 0 Å². The summed E-state index contributed by atoms with van der Waals surface area (Å²) in [5.41, 5.74) is 2.18. The predicted octanol–water partition coefficient (Wildman–Crippen LogP) is -0.229. The van der Waals surface area contributed by atoms with Gasteiger partial charge < -0.3 is 20.3 Å². The summed E-state index contributed by atoms with van der Waals surface area (Å²) >= 11 is 0. The summed E-state index contributed by atoms with van der Waals surface area (Å²) < 4.78 is 1.54. The van der Waals surface area contributed by atoms with Gasteiger partial charge in [0, 0.05) is 31.4 Å². The van der Waals surface area contributed by atoms with Crippen molar-refractivity contribution < 1.29 is 9.90 Å². The highest BCUT2D eigenvalue weighted by Crippen LogP contribution is 2.22. The van der Waals surface area contributed by atoms with Crippen molar-refractivity contribution in [3.63, 3.8) is 0 Å². The number of rotatable bonds is 6. The van der Waals surface area contributed by atoms with Crippen LogP contribution >= 0.6 is 0 Å². The number of aromatic amines is 2. The van der Waals surface area contributed by atoms with Crippen molar-refractivity contribution in [3.8, 4) is 5.88 Å². The van der Waals surface area contributed by atoms with E-state index in [2.05, 4.69) is 35.3 Å². The third-order valence-electron chi connectivity index (χ3n) is 5.32. The normalized spacial score (nSPS) is 14.6. The Morgan fingerprint density at radius 3 is 2.68 bits per heavy atom. The lowest BCUT2D eigenvalue weighted by Gasteiger charge is -2.11. The highest BCUT2D eigenvalue weighted by atomic mass is 16.3. The number of amides is 1. The topological polar surface area (TPSA) is 157 Å². The predicted molar refractivity (Wildman–Crippen MR) is 123 cm³/mol. The molecule has 0 spiro atoms. The van der Waals surface area contributed by atoms with Crippen LogP contribution in [0.2, 0.25) is 0 Å². The molecule has 1 fully saturated rings. The molecule has 1 aromatic carbocycles. The Hall–Kier alpha value is -4.48. The fourth-order valence-electron chi connectivity index (χ4n) is 3.36. The van der Waals surface area contributed by atoms with E-state index in [-0.39, 0.29) is 23.5 Å². The molecule has 4 aromatic rings. The number of imidazole rings is 1. The third kappa shape index (κ3) is 4.37. The maximum atomic E-state index is 12.1. The summed E-state index contributed by atoms with van der Waals surface area (Å²) in [6.45, 7) is 0.439. The molecule has 0 aliphatic heterocycles. The van der Waals surface area contributed by atoms with Gasteiger partial charge in [0.2, 0.25) is 11.8 Å². The number of aromatic nitrogens is 6. The van der Waals surface area contributed by atoms with Crippen LogP contribution < -0.4 is 21.8 Å². The lowest BCUT2D eigenvalue weighted by atomic mass is 10.1. The fourth-order valence-corrected chi connectivity index (χ4v) is 3.36. The minimum Gasteiger partial charge on any atom is -0.493 e. The van der Waals surface area contributed by atoms with Crippen LogP contribution in [0.3, 0.4) is 0 Å². The number of nitrogens with zero attached hydrogens (tertiary/aromatic N) is 6. The molecule has 0 radical (unpaired) electrons. The number of nitrogens with one attached hydrogen (secondary N) is 3. The molecule has 1 amide bonds. The van der Waals surface area contributed by atoms with E-state index in [4.69, 9.17) is 0 Å². The summed E-state index contributed by atoms with van der Waals surface area (Å²) in [4.78, 5) is 43.6. The molecule has 0 saturated heterocycles. The SMILES string of the molecule is CN(C)C(=O)c1ccc(CNc2nc(=NC3CC3)n3ncc(=Cc4[nH]c(=O)[nH]c4O)c3n2)cc1. The van der Waals surface area contributed by atoms with Crippen molar-refractivity contribution in [3.05, 3.63) is 68.6 Å². The van der Waals surface area contributed by atoms with Gasteiger partial charge in [-0.25, -0.2) is 9.79 Å². The van der Waals surface area contributed by atoms with Crippen molar-refractivity contribution in [1.82, 2.24) is 34.4 Å². The number of carbonyl (C=O) groups is 1. The van der Waals surface area contributed by atoms with E-state index < -0.39 is 5.69 Å². The van der Waals surface area contributed by atoms with Crippen LogP contribution in [0.5, 0.6) is 5.88 Å². The van der Waals surface area contributed by atoms with Crippen LogP contribution in [-0.2, 0) is 6.54 Å². The number of H-pyrrole nitrogens is 2. The Labute approximate surface area is 192 Å². The quantitative estimate of drug-likeness (QED) is 0.309. The van der Waals surface area contributed by atoms with Gasteiger partial charge in [0.05, 0.1) is 12.2 Å². The largest absolute Gasteiger partial charge is 0.493 e. The molecular weight excluding hydrogens is 438 g/mol. The van der Waals surface area contributed by atoms with Crippen molar-refractivity contribution in [2.75, 3.05) is 19.4 Å². The first-order chi connectivity index (χ1) is 16.4. The number of aromatic hydroxyl groups is 1. The second kappa shape index (κ2) is 8.46. The molecule has 174 valence electrons. The van der Waals surface area contributed by atoms with E-state index >= 15 is 0 Å². The summed E-state index contributed by atoms with van der Waals surface area (Å²) in [5, 5.41) is 18.0. The van der Waals surface area contributed by atoms with E-state index in [0.717, 1.165) is 18.4 Å². The molecule has 4 N–H and O–H groups in total. The van der Waals surface area contributed by atoms with Gasteiger partial charge in [-0.1, -0.05) is 12.1 Å². The minimum atomic E-state index is -0.514. The average Bonchev–Trinajstić information content (AvgIpc) is 3.45. The van der Waals surface area contributed by atoms with Crippen LogP contribution in [0.25, 0.3) is 11.7 Å². The van der Waals surface area contributed by atoms with Crippen molar-refractivity contribution in [2.24, 2.45) is 4.99 Å². The van der Waals surface area contributed by atoms with Crippen LogP contribution in [0, 0.1) is 0 Å². The second-order valence-corrected chi connectivity index (χ2v) is 8.28. The van der Waals surface area contributed by atoms with Gasteiger partial charge in [-0.05, 0) is 36.6 Å². The molecule has 1 aliphatic carbocycles. The van der Waals surface area contributed by atoms with E-state index in [1.165, 1.54) is 4.90 Å². The van der Waals surface area contributed by atoms with Gasteiger partial charge in [-0.3, -0.25) is 9.78 Å². The van der Waals surface area contributed by atoms with E-state index in [0.29, 0.717) is 34.5 Å². The highest BCUT2D eigenvalue weighted by Gasteiger charge is 2.21. The highest BCUT2D eigenvalue weighted by molar-refractivity contribution is 5.93. The standard InChI is InChI=1S/C22H23N9O3/c1-30(2)19(33)13-5-3-12(4-6-13)10-23-20-27-17-14(9-16-18(32)28-22(34)26-16)11-24-31(17)21(29-20)25-15-7-8-15/h3-6,9,11,15,32H,7-8,10H2,1-2H3,(H,23,25,29)(H2,26,28,34). The molecule has 12 nitrogen and oxygen atoms in total. The Morgan fingerprint density at radius 2 is 2.03 bits per heavy atom. The molecule has 3 heterocycles. The molecular formula is C22H23N9O3. The lowest BCUT2D eigenvalue weighted by Crippen LogP contribution is -2.24. The molecule has 34 heavy (non-hydrogen) atoms. The van der Waals surface area contributed by atoms with Gasteiger partial charge in [-0.2, -0.15) is 19.6 Å². The second-order valence-electron chi connectivity index (χ2n) is 8.28. The van der Waals surface area contributed by atoms with E-state index in [1.807, 2.05) is 12.1 Å². The third-order valence-corrected chi connectivity index (χ3v) is 5.32. The number of fused-ring (bicyclic) bond motifs is 1. The average molecular weight is 461 g/mol. The first-order valence-corrected chi connectivity index (χ1v) is 10.7. The number of hydrogen-bond donors (Lipinski definition) is 4. The molecule has 1 saturated carbocycles. The van der Waals surface area contributed by atoms with Gasteiger partial charge in [0.1, 0.15) is 5.69 Å². The maximum Gasteiger partial charge on any atom is 0.326 e. The smallest absolute Gasteiger partial charge is 0.326 e. The fraction of sp³-hybridized carbons (Fsp3) is 0.273. The van der Waals surface area contributed by atoms with E-state index in [1.54, 1.807) is 43.0 Å². The Morgan fingerprint density at radius 1 is 1.26 bits per heavy atom. The van der Waals surface area contributed by atoms with Crippen LogP contribution in [0.15, 0.2) is 40.2 Å².